The lowest BCUT2D eigenvalue weighted by Crippen LogP contribution is -2.54. The van der Waals surface area contributed by atoms with Gasteiger partial charge in [-0.15, -0.1) is 0 Å². The molecule has 1 aromatic heterocycles. The number of carbonyl (C=O) groups is 3. The molecule has 0 atom stereocenters. The zero-order chi connectivity index (χ0) is 20.7. The molecule has 29 heavy (non-hydrogen) atoms. The summed E-state index contributed by atoms with van der Waals surface area (Å²) in [4.78, 5) is 40.9. The van der Waals surface area contributed by atoms with E-state index in [9.17, 15) is 14.4 Å². The molecule has 2 aromatic rings. The third-order valence-corrected chi connectivity index (χ3v) is 5.93. The van der Waals surface area contributed by atoms with Gasteiger partial charge in [0.05, 0.1) is 10.2 Å². The van der Waals surface area contributed by atoms with Crippen LogP contribution < -0.4 is 15.1 Å². The van der Waals surface area contributed by atoms with Crippen molar-refractivity contribution in [3.63, 3.8) is 0 Å². The van der Waals surface area contributed by atoms with E-state index in [-0.39, 0.29) is 5.57 Å². The Balaban J connectivity index is 1.69. The number of hydrogen-bond acceptors (Lipinski definition) is 5. The van der Waals surface area contributed by atoms with Crippen molar-refractivity contribution in [2.45, 2.75) is 19.8 Å². The van der Waals surface area contributed by atoms with Gasteiger partial charge in [-0.1, -0.05) is 15.9 Å². The minimum atomic E-state index is -0.777. The number of amides is 4. The van der Waals surface area contributed by atoms with E-state index in [4.69, 9.17) is 4.42 Å². The van der Waals surface area contributed by atoms with Crippen molar-refractivity contribution in [1.29, 1.82) is 0 Å². The van der Waals surface area contributed by atoms with Crippen LogP contribution in [0.5, 0.6) is 0 Å². The summed E-state index contributed by atoms with van der Waals surface area (Å²) in [6.45, 7) is 3.58. The lowest BCUT2D eigenvalue weighted by Gasteiger charge is -2.27. The number of carbonyl (C=O) groups excluding carboxylic acids is 3. The molecule has 0 bridgehead atoms. The number of halogens is 2. The standard InChI is InChI=1S/C20H17Br2N3O4/c1-11-8-12(21)4-5-16(11)25-18(27)14(17(26)23-20(25)28)9-13-10-15(22)19(29-13)24-6-2-3-7-24/h4-5,8-10H,2-3,6-7H2,1H3,(H,23,26,28)/b14-9+. The van der Waals surface area contributed by atoms with Gasteiger partial charge in [0, 0.05) is 23.6 Å². The Hall–Kier alpha value is -2.39. The Morgan fingerprint density at radius 1 is 1.10 bits per heavy atom. The second-order valence-electron chi connectivity index (χ2n) is 6.88. The van der Waals surface area contributed by atoms with Gasteiger partial charge in [0.1, 0.15) is 11.3 Å². The molecule has 2 fully saturated rings. The summed E-state index contributed by atoms with van der Waals surface area (Å²) >= 11 is 6.84. The van der Waals surface area contributed by atoms with Crippen LogP contribution in [0.2, 0.25) is 0 Å². The van der Waals surface area contributed by atoms with Gasteiger partial charge in [0.25, 0.3) is 11.8 Å². The summed E-state index contributed by atoms with van der Waals surface area (Å²) in [6, 6.07) is 6.11. The molecule has 0 saturated carbocycles. The van der Waals surface area contributed by atoms with Gasteiger partial charge in [-0.05, 0) is 65.5 Å². The Morgan fingerprint density at radius 2 is 1.83 bits per heavy atom. The summed E-state index contributed by atoms with van der Waals surface area (Å²) < 4.78 is 7.45. The van der Waals surface area contributed by atoms with E-state index < -0.39 is 17.8 Å². The van der Waals surface area contributed by atoms with Gasteiger partial charge < -0.3 is 9.32 Å². The molecular formula is C20H17Br2N3O4. The van der Waals surface area contributed by atoms with Crippen LogP contribution in [0.4, 0.5) is 16.4 Å². The monoisotopic (exact) mass is 521 g/mol. The highest BCUT2D eigenvalue weighted by atomic mass is 79.9. The first-order valence-electron chi connectivity index (χ1n) is 9.07. The summed E-state index contributed by atoms with van der Waals surface area (Å²) in [5.41, 5.74) is 0.960. The highest BCUT2D eigenvalue weighted by Crippen LogP contribution is 2.34. The van der Waals surface area contributed by atoms with Gasteiger partial charge in [-0.3, -0.25) is 14.9 Å². The van der Waals surface area contributed by atoms with E-state index in [1.807, 2.05) is 0 Å². The number of hydrogen-bond donors (Lipinski definition) is 1. The Morgan fingerprint density at radius 3 is 2.52 bits per heavy atom. The number of barbiturate groups is 1. The average Bonchev–Trinajstić information content (AvgIpc) is 3.29. The van der Waals surface area contributed by atoms with Crippen molar-refractivity contribution in [2.75, 3.05) is 22.9 Å². The summed E-state index contributed by atoms with van der Waals surface area (Å²) in [5, 5.41) is 2.23. The van der Waals surface area contributed by atoms with Crippen molar-refractivity contribution >= 4 is 67.4 Å². The van der Waals surface area contributed by atoms with Crippen molar-refractivity contribution < 1.29 is 18.8 Å². The first kappa shape index (κ1) is 19.9. The second-order valence-corrected chi connectivity index (χ2v) is 8.65. The highest BCUT2D eigenvalue weighted by molar-refractivity contribution is 9.10. The number of benzene rings is 1. The number of anilines is 2. The highest BCUT2D eigenvalue weighted by Gasteiger charge is 2.37. The van der Waals surface area contributed by atoms with Gasteiger partial charge in [-0.2, -0.15) is 0 Å². The molecule has 2 aliphatic rings. The quantitative estimate of drug-likeness (QED) is 0.477. The van der Waals surface area contributed by atoms with Crippen LogP contribution in [-0.4, -0.2) is 30.9 Å². The zero-order valence-electron chi connectivity index (χ0n) is 15.5. The van der Waals surface area contributed by atoms with E-state index in [0.29, 0.717) is 22.9 Å². The molecule has 0 radical (unpaired) electrons. The minimum absolute atomic E-state index is 0.166. The Labute approximate surface area is 184 Å². The van der Waals surface area contributed by atoms with Crippen molar-refractivity contribution in [3.8, 4) is 0 Å². The Kier molecular flexibility index (Phi) is 5.35. The third kappa shape index (κ3) is 3.76. The van der Waals surface area contributed by atoms with Crippen molar-refractivity contribution in [3.05, 3.63) is 50.1 Å². The van der Waals surface area contributed by atoms with Crippen LogP contribution in [0.25, 0.3) is 6.08 Å². The summed E-state index contributed by atoms with van der Waals surface area (Å²) in [5.74, 6) is -0.408. The fraction of sp³-hybridized carbons (Fsp3) is 0.250. The van der Waals surface area contributed by atoms with Gasteiger partial charge >= 0.3 is 6.03 Å². The third-order valence-electron chi connectivity index (χ3n) is 4.87. The van der Waals surface area contributed by atoms with Crippen LogP contribution in [0.15, 0.2) is 43.2 Å². The number of aryl methyl sites for hydroxylation is 1. The topological polar surface area (TPSA) is 82.9 Å². The molecule has 150 valence electrons. The van der Waals surface area contributed by atoms with Gasteiger partial charge in [0.2, 0.25) is 5.88 Å². The number of nitrogens with zero attached hydrogens (tertiary/aromatic N) is 2. The average molecular weight is 523 g/mol. The van der Waals surface area contributed by atoms with E-state index in [1.54, 1.807) is 31.2 Å². The zero-order valence-corrected chi connectivity index (χ0v) is 18.7. The lowest BCUT2D eigenvalue weighted by atomic mass is 10.1. The molecule has 1 N–H and O–H groups in total. The van der Waals surface area contributed by atoms with Gasteiger partial charge in [-0.25, -0.2) is 9.69 Å². The molecule has 7 nitrogen and oxygen atoms in total. The number of urea groups is 1. The molecule has 2 saturated heterocycles. The maximum absolute atomic E-state index is 13.0. The maximum atomic E-state index is 13.0. The Bertz CT molecular complexity index is 1050. The molecule has 0 spiro atoms. The molecule has 0 unspecified atom stereocenters. The molecule has 3 heterocycles. The van der Waals surface area contributed by atoms with E-state index >= 15 is 0 Å². The molecule has 9 heteroatoms. The number of furan rings is 1. The van der Waals surface area contributed by atoms with E-state index in [0.717, 1.165) is 39.8 Å². The first-order chi connectivity index (χ1) is 13.8. The number of imide groups is 2. The van der Waals surface area contributed by atoms with Crippen LogP contribution >= 0.6 is 31.9 Å². The summed E-state index contributed by atoms with van der Waals surface area (Å²) in [6.07, 6.45) is 3.55. The largest absolute Gasteiger partial charge is 0.440 e. The minimum Gasteiger partial charge on any atom is -0.440 e. The SMILES string of the molecule is Cc1cc(Br)ccc1N1C(=O)NC(=O)/C(=C\c2cc(Br)c(N3CCCC3)o2)C1=O. The fourth-order valence-corrected chi connectivity index (χ4v) is 4.50. The number of rotatable bonds is 3. The molecular weight excluding hydrogens is 506 g/mol. The van der Waals surface area contributed by atoms with Crippen LogP contribution in [-0.2, 0) is 9.59 Å². The van der Waals surface area contributed by atoms with E-state index in [2.05, 4.69) is 42.1 Å². The predicted molar refractivity (Wildman–Crippen MR) is 116 cm³/mol. The van der Waals surface area contributed by atoms with Crippen LogP contribution in [0.1, 0.15) is 24.2 Å². The first-order valence-corrected chi connectivity index (χ1v) is 10.7. The number of nitrogens with one attached hydrogen (secondary N) is 1. The van der Waals surface area contributed by atoms with Crippen LogP contribution in [0.3, 0.4) is 0 Å². The second kappa shape index (κ2) is 7.79. The van der Waals surface area contributed by atoms with Crippen molar-refractivity contribution in [1.82, 2.24) is 5.32 Å². The fourth-order valence-electron chi connectivity index (χ4n) is 3.47. The maximum Gasteiger partial charge on any atom is 0.335 e. The smallest absolute Gasteiger partial charge is 0.335 e. The lowest BCUT2D eigenvalue weighted by molar-refractivity contribution is -0.122. The molecule has 2 aliphatic heterocycles. The predicted octanol–water partition coefficient (Wildman–Crippen LogP) is 4.38. The molecule has 0 aliphatic carbocycles. The molecule has 4 amide bonds. The van der Waals surface area contributed by atoms with E-state index in [1.165, 1.54) is 6.08 Å². The van der Waals surface area contributed by atoms with Gasteiger partial charge in [0.15, 0.2) is 0 Å². The van der Waals surface area contributed by atoms with Crippen molar-refractivity contribution in [2.24, 2.45) is 0 Å². The summed E-state index contributed by atoms with van der Waals surface area (Å²) in [7, 11) is 0. The van der Waals surface area contributed by atoms with Crippen LogP contribution in [0, 0.1) is 6.92 Å². The molecule has 1 aromatic carbocycles. The molecule has 4 rings (SSSR count). The normalized spacial score (nSPS) is 18.7.